The molecule has 0 aliphatic heterocycles. The van der Waals surface area contributed by atoms with E-state index >= 15 is 0 Å². The van der Waals surface area contributed by atoms with Crippen LogP contribution in [0.2, 0.25) is 0 Å². The van der Waals surface area contributed by atoms with Crippen molar-refractivity contribution >= 4 is 11.9 Å². The Bertz CT molecular complexity index is 1030. The second kappa shape index (κ2) is 7.45. The molecule has 3 aromatic rings. The van der Waals surface area contributed by atoms with Crippen LogP contribution in [-0.4, -0.2) is 23.1 Å². The molecule has 6 heteroatoms. The van der Waals surface area contributed by atoms with Crippen molar-refractivity contribution in [3.63, 3.8) is 0 Å². The molecule has 128 valence electrons. The molecule has 0 saturated heterocycles. The van der Waals surface area contributed by atoms with Gasteiger partial charge in [-0.05, 0) is 30.3 Å². The number of ether oxygens (including phenoxy) is 1. The molecule has 0 unspecified atom stereocenters. The van der Waals surface area contributed by atoms with Crippen LogP contribution in [0.1, 0.15) is 15.9 Å². The van der Waals surface area contributed by atoms with Crippen LogP contribution < -0.4 is 4.74 Å². The summed E-state index contributed by atoms with van der Waals surface area (Å²) in [4.78, 5) is 12.6. The number of nitrogens with one attached hydrogen (secondary N) is 1. The number of ketones is 1. The van der Waals surface area contributed by atoms with Crippen LogP contribution in [0.15, 0.2) is 60.3 Å². The maximum Gasteiger partial charge on any atom is 0.203 e. The summed E-state index contributed by atoms with van der Waals surface area (Å²) in [5.74, 6) is -0.361. The van der Waals surface area contributed by atoms with Gasteiger partial charge in [0.15, 0.2) is 0 Å². The number of nitrogens with zero attached hydrogens (tertiary/aromatic N) is 2. The second-order valence-corrected chi connectivity index (χ2v) is 5.41. The lowest BCUT2D eigenvalue weighted by molar-refractivity contribution is 0.103. The van der Waals surface area contributed by atoms with Crippen molar-refractivity contribution in [2.24, 2.45) is 0 Å². The fourth-order valence-electron chi connectivity index (χ4n) is 2.51. The maximum absolute atomic E-state index is 14.0. The number of Topliss-reactive ketones (excluding diaryl/α,β-unsaturated/α-hetero) is 1. The summed E-state index contributed by atoms with van der Waals surface area (Å²) < 4.78 is 19.1. The van der Waals surface area contributed by atoms with Gasteiger partial charge in [-0.1, -0.05) is 24.3 Å². The third-order valence-corrected chi connectivity index (χ3v) is 3.81. The number of allylic oxidation sites excluding steroid dienone is 1. The van der Waals surface area contributed by atoms with Crippen molar-refractivity contribution in [3.05, 3.63) is 77.2 Å². The van der Waals surface area contributed by atoms with Gasteiger partial charge in [0.2, 0.25) is 5.78 Å². The highest BCUT2D eigenvalue weighted by atomic mass is 19.1. The van der Waals surface area contributed by atoms with Crippen molar-refractivity contribution in [3.8, 4) is 23.1 Å². The molecule has 1 aromatic heterocycles. The molecule has 26 heavy (non-hydrogen) atoms. The Hall–Kier alpha value is -3.72. The molecule has 0 atom stereocenters. The van der Waals surface area contributed by atoms with Crippen LogP contribution in [0.3, 0.4) is 0 Å². The predicted octanol–water partition coefficient (Wildman–Crippen LogP) is 4.01. The molecule has 0 aliphatic carbocycles. The number of hydrogen-bond donors (Lipinski definition) is 1. The number of halogens is 1. The summed E-state index contributed by atoms with van der Waals surface area (Å²) in [6.07, 6.45) is 2.84. The summed E-state index contributed by atoms with van der Waals surface area (Å²) in [5.41, 5.74) is 1.39. The molecule has 0 aliphatic rings. The van der Waals surface area contributed by atoms with Gasteiger partial charge in [-0.25, -0.2) is 4.39 Å². The van der Waals surface area contributed by atoms with E-state index in [2.05, 4.69) is 10.2 Å². The van der Waals surface area contributed by atoms with Gasteiger partial charge in [0, 0.05) is 16.7 Å². The van der Waals surface area contributed by atoms with E-state index < -0.39 is 11.6 Å². The lowest BCUT2D eigenvalue weighted by Crippen LogP contribution is -2.02. The summed E-state index contributed by atoms with van der Waals surface area (Å²) in [6.45, 7) is 0. The lowest BCUT2D eigenvalue weighted by Gasteiger charge is -2.04. The summed E-state index contributed by atoms with van der Waals surface area (Å²) in [6, 6.07) is 14.6. The first-order valence-electron chi connectivity index (χ1n) is 7.73. The van der Waals surface area contributed by atoms with Crippen LogP contribution in [0.4, 0.5) is 4.39 Å². The van der Waals surface area contributed by atoms with Crippen LogP contribution in [0.5, 0.6) is 5.75 Å². The number of carbonyl (C=O) groups is 1. The van der Waals surface area contributed by atoms with E-state index in [1.165, 1.54) is 25.4 Å². The minimum atomic E-state index is -0.452. The molecule has 1 heterocycles. The van der Waals surface area contributed by atoms with Gasteiger partial charge < -0.3 is 4.74 Å². The van der Waals surface area contributed by atoms with Crippen molar-refractivity contribution in [2.75, 3.05) is 7.11 Å². The van der Waals surface area contributed by atoms with Crippen molar-refractivity contribution in [2.45, 2.75) is 0 Å². The van der Waals surface area contributed by atoms with E-state index in [0.29, 0.717) is 28.1 Å². The number of aromatic nitrogens is 2. The summed E-state index contributed by atoms with van der Waals surface area (Å²) >= 11 is 0. The highest BCUT2D eigenvalue weighted by Crippen LogP contribution is 2.26. The number of aromatic amines is 1. The zero-order chi connectivity index (χ0) is 18.5. The van der Waals surface area contributed by atoms with Crippen LogP contribution in [-0.2, 0) is 0 Å². The third kappa shape index (κ3) is 3.37. The van der Waals surface area contributed by atoms with E-state index in [-0.39, 0.29) is 5.57 Å². The number of H-pyrrole nitrogens is 1. The molecule has 0 spiro atoms. The SMILES string of the molecule is COc1cccc(C(=O)/C(C#N)=C/c2cn[nH]c2-c2ccccc2F)c1. The first-order valence-corrected chi connectivity index (χ1v) is 7.73. The topological polar surface area (TPSA) is 78.8 Å². The van der Waals surface area contributed by atoms with Crippen LogP contribution >= 0.6 is 0 Å². The van der Waals surface area contributed by atoms with E-state index in [4.69, 9.17) is 4.74 Å². The number of methoxy groups -OCH3 is 1. The average molecular weight is 347 g/mol. The number of nitriles is 1. The Morgan fingerprint density at radius 1 is 1.27 bits per heavy atom. The van der Waals surface area contributed by atoms with Gasteiger partial charge in [-0.3, -0.25) is 9.89 Å². The maximum atomic E-state index is 14.0. The van der Waals surface area contributed by atoms with Crippen LogP contribution in [0.25, 0.3) is 17.3 Å². The van der Waals surface area contributed by atoms with Gasteiger partial charge in [0.1, 0.15) is 23.2 Å². The molecule has 1 N–H and O–H groups in total. The van der Waals surface area contributed by atoms with Crippen molar-refractivity contribution in [1.82, 2.24) is 10.2 Å². The predicted molar refractivity (Wildman–Crippen MR) is 94.9 cm³/mol. The summed E-state index contributed by atoms with van der Waals surface area (Å²) in [7, 11) is 1.50. The molecule has 3 rings (SSSR count). The first-order chi connectivity index (χ1) is 12.6. The Kier molecular flexibility index (Phi) is 4.90. The molecule has 2 aromatic carbocycles. The molecule has 0 bridgehead atoms. The fourth-order valence-corrected chi connectivity index (χ4v) is 2.51. The Labute approximate surface area is 149 Å². The number of benzene rings is 2. The number of rotatable bonds is 5. The van der Waals surface area contributed by atoms with E-state index in [1.807, 2.05) is 6.07 Å². The molecule has 0 fully saturated rings. The van der Waals surface area contributed by atoms with Gasteiger partial charge in [-0.2, -0.15) is 10.4 Å². The normalized spacial score (nSPS) is 11.0. The monoisotopic (exact) mass is 347 g/mol. The standard InChI is InChI=1S/C20H14FN3O2/c1-26-16-6-4-5-13(10-16)20(25)14(11-22)9-15-12-23-24-19(15)17-7-2-3-8-18(17)21/h2-10,12H,1H3,(H,23,24)/b14-9+. The van der Waals surface area contributed by atoms with Crippen molar-refractivity contribution in [1.29, 1.82) is 5.26 Å². The highest BCUT2D eigenvalue weighted by Gasteiger charge is 2.16. The van der Waals surface area contributed by atoms with Gasteiger partial charge in [0.25, 0.3) is 0 Å². The highest BCUT2D eigenvalue weighted by molar-refractivity contribution is 6.14. The van der Waals surface area contributed by atoms with Gasteiger partial charge in [0.05, 0.1) is 19.0 Å². The number of carbonyl (C=O) groups excluding carboxylic acids is 1. The quantitative estimate of drug-likeness (QED) is 0.430. The summed E-state index contributed by atoms with van der Waals surface area (Å²) in [5, 5.41) is 16.0. The van der Waals surface area contributed by atoms with E-state index in [9.17, 15) is 14.4 Å². The van der Waals surface area contributed by atoms with E-state index in [0.717, 1.165) is 0 Å². The number of hydrogen-bond acceptors (Lipinski definition) is 4. The fraction of sp³-hybridized carbons (Fsp3) is 0.0500. The van der Waals surface area contributed by atoms with Gasteiger partial charge in [-0.15, -0.1) is 0 Å². The Balaban J connectivity index is 2.01. The zero-order valence-electron chi connectivity index (χ0n) is 13.9. The minimum absolute atomic E-state index is 0.0859. The largest absolute Gasteiger partial charge is 0.497 e. The molecule has 0 amide bonds. The minimum Gasteiger partial charge on any atom is -0.497 e. The van der Waals surface area contributed by atoms with Crippen molar-refractivity contribution < 1.29 is 13.9 Å². The van der Waals surface area contributed by atoms with Gasteiger partial charge >= 0.3 is 0 Å². The first kappa shape index (κ1) is 17.1. The molecular weight excluding hydrogens is 333 g/mol. The molecular formula is C20H14FN3O2. The molecule has 0 saturated carbocycles. The Morgan fingerprint density at radius 3 is 2.81 bits per heavy atom. The van der Waals surface area contributed by atoms with Crippen LogP contribution in [0, 0.1) is 17.1 Å². The Morgan fingerprint density at radius 2 is 2.08 bits per heavy atom. The molecule has 0 radical (unpaired) electrons. The second-order valence-electron chi connectivity index (χ2n) is 5.41. The van der Waals surface area contributed by atoms with E-state index in [1.54, 1.807) is 42.5 Å². The smallest absolute Gasteiger partial charge is 0.203 e. The molecule has 5 nitrogen and oxygen atoms in total. The lowest BCUT2D eigenvalue weighted by atomic mass is 10.0. The zero-order valence-corrected chi connectivity index (χ0v) is 13.9. The average Bonchev–Trinajstić information content (AvgIpc) is 3.14. The third-order valence-electron chi connectivity index (χ3n) is 3.81.